The molecule has 0 fully saturated rings. The minimum atomic E-state index is 0.504. The summed E-state index contributed by atoms with van der Waals surface area (Å²) in [4.78, 5) is 0. The highest BCUT2D eigenvalue weighted by atomic mass is 35.5. The van der Waals surface area contributed by atoms with E-state index < -0.39 is 0 Å². The molecular formula is C13H9Cl4N. The number of hydrogen-bond donors (Lipinski definition) is 1. The molecule has 5 heteroatoms. The normalized spacial score (nSPS) is 10.4. The molecule has 2 aromatic rings. The molecule has 0 radical (unpaired) electrons. The Morgan fingerprint density at radius 3 is 2.39 bits per heavy atom. The second kappa shape index (κ2) is 6.03. The van der Waals surface area contributed by atoms with Gasteiger partial charge in [0.2, 0.25) is 0 Å². The van der Waals surface area contributed by atoms with Gasteiger partial charge in [0.05, 0.1) is 15.7 Å². The van der Waals surface area contributed by atoms with Crippen LogP contribution in [0.4, 0.5) is 5.69 Å². The van der Waals surface area contributed by atoms with Crippen LogP contribution in [0.15, 0.2) is 36.4 Å². The fraction of sp³-hybridized carbons (Fsp3) is 0.0769. The average Bonchev–Trinajstić information content (AvgIpc) is 2.33. The van der Waals surface area contributed by atoms with Crippen LogP contribution >= 0.6 is 46.4 Å². The maximum atomic E-state index is 6.08. The molecule has 0 aliphatic rings. The highest BCUT2D eigenvalue weighted by Gasteiger charge is 2.05. The Labute approximate surface area is 126 Å². The van der Waals surface area contributed by atoms with Crippen molar-refractivity contribution in [2.75, 3.05) is 5.32 Å². The van der Waals surface area contributed by atoms with Gasteiger partial charge in [0.25, 0.3) is 0 Å². The van der Waals surface area contributed by atoms with Gasteiger partial charge in [-0.15, -0.1) is 0 Å². The zero-order chi connectivity index (χ0) is 13.1. The lowest BCUT2D eigenvalue weighted by Gasteiger charge is -2.10. The molecule has 1 N–H and O–H groups in total. The SMILES string of the molecule is Clc1ccc(CNc2cccc(Cl)c2Cl)c(Cl)c1. The van der Waals surface area contributed by atoms with Gasteiger partial charge in [-0.2, -0.15) is 0 Å². The Balaban J connectivity index is 2.14. The molecule has 0 aromatic heterocycles. The predicted molar refractivity (Wildman–Crippen MR) is 80.3 cm³/mol. The molecule has 1 nitrogen and oxygen atoms in total. The molecule has 0 amide bonds. The molecule has 2 rings (SSSR count). The van der Waals surface area contributed by atoms with E-state index in [4.69, 9.17) is 46.4 Å². The van der Waals surface area contributed by atoms with Crippen LogP contribution in [0.5, 0.6) is 0 Å². The minimum Gasteiger partial charge on any atom is -0.380 e. The molecule has 0 atom stereocenters. The van der Waals surface area contributed by atoms with E-state index in [0.29, 0.717) is 26.6 Å². The summed E-state index contributed by atoms with van der Waals surface area (Å²) >= 11 is 23.9. The van der Waals surface area contributed by atoms with E-state index in [2.05, 4.69) is 5.32 Å². The van der Waals surface area contributed by atoms with E-state index in [1.165, 1.54) is 0 Å². The Morgan fingerprint density at radius 2 is 1.67 bits per heavy atom. The summed E-state index contributed by atoms with van der Waals surface area (Å²) in [5.74, 6) is 0. The van der Waals surface area contributed by atoms with E-state index in [0.717, 1.165) is 11.3 Å². The summed E-state index contributed by atoms with van der Waals surface area (Å²) in [6.07, 6.45) is 0. The van der Waals surface area contributed by atoms with Crippen LogP contribution in [0.1, 0.15) is 5.56 Å². The van der Waals surface area contributed by atoms with Crippen molar-refractivity contribution in [3.05, 3.63) is 62.1 Å². The summed E-state index contributed by atoms with van der Waals surface area (Å²) in [7, 11) is 0. The van der Waals surface area contributed by atoms with Gasteiger partial charge in [-0.25, -0.2) is 0 Å². The van der Waals surface area contributed by atoms with Crippen LogP contribution in [0.2, 0.25) is 20.1 Å². The van der Waals surface area contributed by atoms with Crippen molar-refractivity contribution in [2.24, 2.45) is 0 Å². The third-order valence-electron chi connectivity index (χ3n) is 2.44. The van der Waals surface area contributed by atoms with Gasteiger partial charge in [-0.3, -0.25) is 0 Å². The average molecular weight is 321 g/mol. The quantitative estimate of drug-likeness (QED) is 0.741. The molecule has 0 heterocycles. The first-order valence-electron chi connectivity index (χ1n) is 5.20. The standard InChI is InChI=1S/C13H9Cl4N/c14-9-5-4-8(11(16)6-9)7-18-12-3-1-2-10(15)13(12)17/h1-6,18H,7H2. The summed E-state index contributed by atoms with van der Waals surface area (Å²) in [6, 6.07) is 10.8. The molecule has 0 saturated carbocycles. The molecule has 94 valence electrons. The van der Waals surface area contributed by atoms with Crippen LogP contribution < -0.4 is 5.32 Å². The molecule has 0 aliphatic carbocycles. The summed E-state index contributed by atoms with van der Waals surface area (Å²) in [6.45, 7) is 0.552. The molecule has 18 heavy (non-hydrogen) atoms. The maximum absolute atomic E-state index is 6.08. The summed E-state index contributed by atoms with van der Waals surface area (Å²) < 4.78 is 0. The van der Waals surface area contributed by atoms with E-state index in [1.54, 1.807) is 18.2 Å². The number of benzene rings is 2. The van der Waals surface area contributed by atoms with Crippen LogP contribution in [-0.2, 0) is 6.54 Å². The first-order chi connectivity index (χ1) is 8.58. The lowest BCUT2D eigenvalue weighted by atomic mass is 10.2. The lowest BCUT2D eigenvalue weighted by Crippen LogP contribution is -2.00. The number of anilines is 1. The van der Waals surface area contributed by atoms with Crippen LogP contribution in [0, 0.1) is 0 Å². The lowest BCUT2D eigenvalue weighted by molar-refractivity contribution is 1.15. The first kappa shape index (κ1) is 13.8. The largest absolute Gasteiger partial charge is 0.380 e. The fourth-order valence-electron chi connectivity index (χ4n) is 1.50. The van der Waals surface area contributed by atoms with E-state index in [-0.39, 0.29) is 0 Å². The number of halogens is 4. The third kappa shape index (κ3) is 3.24. The van der Waals surface area contributed by atoms with Crippen LogP contribution in [0.25, 0.3) is 0 Å². The maximum Gasteiger partial charge on any atom is 0.0823 e. The number of hydrogen-bond acceptors (Lipinski definition) is 1. The molecule has 0 aliphatic heterocycles. The second-order valence-electron chi connectivity index (χ2n) is 3.69. The predicted octanol–water partition coefficient (Wildman–Crippen LogP) is 5.91. The molecular weight excluding hydrogens is 312 g/mol. The highest BCUT2D eigenvalue weighted by molar-refractivity contribution is 6.43. The van der Waals surface area contributed by atoms with E-state index in [9.17, 15) is 0 Å². The number of rotatable bonds is 3. The highest BCUT2D eigenvalue weighted by Crippen LogP contribution is 2.30. The smallest absolute Gasteiger partial charge is 0.0823 e. The van der Waals surface area contributed by atoms with Gasteiger partial charge in [-0.1, -0.05) is 58.5 Å². The van der Waals surface area contributed by atoms with E-state index >= 15 is 0 Å². The van der Waals surface area contributed by atoms with Crippen molar-refractivity contribution in [3.63, 3.8) is 0 Å². The van der Waals surface area contributed by atoms with E-state index in [1.807, 2.05) is 18.2 Å². The number of nitrogens with one attached hydrogen (secondary N) is 1. The minimum absolute atomic E-state index is 0.504. The molecule has 2 aromatic carbocycles. The van der Waals surface area contributed by atoms with Crippen molar-refractivity contribution in [3.8, 4) is 0 Å². The fourth-order valence-corrected chi connectivity index (χ4v) is 2.34. The zero-order valence-electron chi connectivity index (χ0n) is 9.18. The molecule has 0 saturated heterocycles. The van der Waals surface area contributed by atoms with Gasteiger partial charge >= 0.3 is 0 Å². The van der Waals surface area contributed by atoms with Gasteiger partial charge in [0.15, 0.2) is 0 Å². The Morgan fingerprint density at radius 1 is 0.889 bits per heavy atom. The Kier molecular flexibility index (Phi) is 4.63. The monoisotopic (exact) mass is 319 g/mol. The van der Waals surface area contributed by atoms with Crippen molar-refractivity contribution in [1.82, 2.24) is 0 Å². The van der Waals surface area contributed by atoms with Gasteiger partial charge in [0, 0.05) is 16.6 Å². The van der Waals surface area contributed by atoms with Gasteiger partial charge in [-0.05, 0) is 29.8 Å². The molecule has 0 bridgehead atoms. The topological polar surface area (TPSA) is 12.0 Å². The first-order valence-corrected chi connectivity index (χ1v) is 6.71. The Hall–Kier alpha value is -0.600. The van der Waals surface area contributed by atoms with Crippen molar-refractivity contribution in [1.29, 1.82) is 0 Å². The van der Waals surface area contributed by atoms with Crippen molar-refractivity contribution in [2.45, 2.75) is 6.54 Å². The van der Waals surface area contributed by atoms with Crippen LogP contribution in [0.3, 0.4) is 0 Å². The Bertz CT molecular complexity index is 569. The van der Waals surface area contributed by atoms with Crippen molar-refractivity contribution < 1.29 is 0 Å². The van der Waals surface area contributed by atoms with Crippen LogP contribution in [-0.4, -0.2) is 0 Å². The van der Waals surface area contributed by atoms with Crippen molar-refractivity contribution >= 4 is 52.1 Å². The summed E-state index contributed by atoms with van der Waals surface area (Å²) in [5, 5.41) is 5.44. The molecule has 0 spiro atoms. The zero-order valence-corrected chi connectivity index (χ0v) is 12.2. The second-order valence-corrected chi connectivity index (χ2v) is 5.32. The summed E-state index contributed by atoms with van der Waals surface area (Å²) in [5.41, 5.74) is 1.72. The van der Waals surface area contributed by atoms with Gasteiger partial charge < -0.3 is 5.32 Å². The molecule has 0 unspecified atom stereocenters. The van der Waals surface area contributed by atoms with Gasteiger partial charge in [0.1, 0.15) is 0 Å². The third-order valence-corrected chi connectivity index (χ3v) is 3.84.